The van der Waals surface area contributed by atoms with Gasteiger partial charge in [-0.2, -0.15) is 0 Å². The van der Waals surface area contributed by atoms with Crippen LogP contribution in [0.5, 0.6) is 0 Å². The van der Waals surface area contributed by atoms with Crippen molar-refractivity contribution in [2.45, 2.75) is 19.8 Å². The van der Waals surface area contributed by atoms with Gasteiger partial charge in [0.05, 0.1) is 0 Å². The summed E-state index contributed by atoms with van der Waals surface area (Å²) in [7, 11) is 0. The molecule has 2 heteroatoms. The van der Waals surface area contributed by atoms with Crippen LogP contribution in [0, 0.1) is 6.92 Å². The van der Waals surface area contributed by atoms with Gasteiger partial charge < -0.3 is 5.32 Å². The molecular weight excluding hydrogens is 286 g/mol. The zero-order valence-corrected chi connectivity index (χ0v) is 12.4. The van der Waals surface area contributed by atoms with Gasteiger partial charge >= 0.3 is 0 Å². The van der Waals surface area contributed by atoms with Crippen LogP contribution in [0.3, 0.4) is 0 Å². The van der Waals surface area contributed by atoms with Gasteiger partial charge in [0.15, 0.2) is 0 Å². The van der Waals surface area contributed by atoms with E-state index in [0.717, 1.165) is 16.7 Å². The highest BCUT2D eigenvalue weighted by atomic mass is 79.9. The van der Waals surface area contributed by atoms with Crippen molar-refractivity contribution in [3.63, 3.8) is 0 Å². The summed E-state index contributed by atoms with van der Waals surface area (Å²) in [5.41, 5.74) is 3.79. The van der Waals surface area contributed by atoms with E-state index in [1.165, 1.54) is 11.1 Å². The number of hydrogen-bond donors (Lipinski definition) is 1. The number of aryl methyl sites for hydroxylation is 1. The molecular formula is C16H18BrN. The second kappa shape index (κ2) is 6.05. The lowest BCUT2D eigenvalue weighted by Crippen LogP contribution is -2.10. The van der Waals surface area contributed by atoms with E-state index >= 15 is 0 Å². The number of rotatable bonds is 4. The predicted molar refractivity (Wildman–Crippen MR) is 82.2 cm³/mol. The molecule has 0 bridgehead atoms. The Bertz CT molecular complexity index is 508. The number of benzene rings is 2. The van der Waals surface area contributed by atoms with Crippen LogP contribution in [0.2, 0.25) is 0 Å². The summed E-state index contributed by atoms with van der Waals surface area (Å²) in [6.45, 7) is 5.28. The molecule has 0 saturated carbocycles. The third kappa shape index (κ3) is 3.36. The molecule has 1 atom stereocenters. The Morgan fingerprint density at radius 3 is 2.50 bits per heavy atom. The standard InChI is InChI=1S/C16H18BrN/c1-12-8-9-16(15(17)10-12)18-11-13(2)14-6-4-3-5-7-14/h3-10,13,18H,11H2,1-2H3. The highest BCUT2D eigenvalue weighted by molar-refractivity contribution is 9.10. The van der Waals surface area contributed by atoms with E-state index in [0.29, 0.717) is 5.92 Å². The quantitative estimate of drug-likeness (QED) is 0.840. The van der Waals surface area contributed by atoms with E-state index in [4.69, 9.17) is 0 Å². The Labute approximate surface area is 117 Å². The van der Waals surface area contributed by atoms with Crippen molar-refractivity contribution in [1.82, 2.24) is 0 Å². The molecule has 0 aliphatic carbocycles. The highest BCUT2D eigenvalue weighted by Gasteiger charge is 2.05. The molecule has 94 valence electrons. The molecule has 1 N–H and O–H groups in total. The molecule has 0 aliphatic rings. The van der Waals surface area contributed by atoms with Crippen LogP contribution in [0.4, 0.5) is 5.69 Å². The van der Waals surface area contributed by atoms with E-state index < -0.39 is 0 Å². The van der Waals surface area contributed by atoms with Crippen molar-refractivity contribution in [2.75, 3.05) is 11.9 Å². The lowest BCUT2D eigenvalue weighted by molar-refractivity contribution is 0.804. The smallest absolute Gasteiger partial charge is 0.0485 e. The van der Waals surface area contributed by atoms with Gasteiger partial charge in [0.1, 0.15) is 0 Å². The largest absolute Gasteiger partial charge is 0.384 e. The zero-order valence-electron chi connectivity index (χ0n) is 10.8. The fourth-order valence-corrected chi connectivity index (χ4v) is 2.56. The minimum absolute atomic E-state index is 0.499. The molecule has 2 rings (SSSR count). The molecule has 2 aromatic rings. The lowest BCUT2D eigenvalue weighted by atomic mass is 10.0. The predicted octanol–water partition coefficient (Wildman–Crippen LogP) is 4.97. The molecule has 1 nitrogen and oxygen atoms in total. The van der Waals surface area contributed by atoms with Crippen LogP contribution in [0.1, 0.15) is 24.0 Å². The summed E-state index contributed by atoms with van der Waals surface area (Å²) >= 11 is 3.59. The van der Waals surface area contributed by atoms with Gasteiger partial charge in [0, 0.05) is 16.7 Å². The molecule has 0 aromatic heterocycles. The van der Waals surface area contributed by atoms with Gasteiger partial charge in [-0.1, -0.05) is 43.3 Å². The minimum atomic E-state index is 0.499. The van der Waals surface area contributed by atoms with Gasteiger partial charge in [-0.15, -0.1) is 0 Å². The Balaban J connectivity index is 1.99. The second-order valence-electron chi connectivity index (χ2n) is 4.68. The fraction of sp³-hybridized carbons (Fsp3) is 0.250. The Morgan fingerprint density at radius 2 is 1.83 bits per heavy atom. The zero-order chi connectivity index (χ0) is 13.0. The molecule has 0 aliphatic heterocycles. The normalized spacial score (nSPS) is 12.2. The summed E-state index contributed by atoms with van der Waals surface area (Å²) in [6, 6.07) is 17.0. The maximum absolute atomic E-state index is 3.59. The van der Waals surface area contributed by atoms with Crippen molar-refractivity contribution >= 4 is 21.6 Å². The average molecular weight is 304 g/mol. The topological polar surface area (TPSA) is 12.0 Å². The molecule has 0 radical (unpaired) electrons. The van der Waals surface area contributed by atoms with Crippen LogP contribution >= 0.6 is 15.9 Å². The maximum atomic E-state index is 3.59. The minimum Gasteiger partial charge on any atom is -0.384 e. The van der Waals surface area contributed by atoms with Crippen LogP contribution in [-0.4, -0.2) is 6.54 Å². The van der Waals surface area contributed by atoms with Crippen molar-refractivity contribution in [2.24, 2.45) is 0 Å². The van der Waals surface area contributed by atoms with Gasteiger partial charge in [-0.3, -0.25) is 0 Å². The van der Waals surface area contributed by atoms with Gasteiger partial charge in [0.2, 0.25) is 0 Å². The van der Waals surface area contributed by atoms with Crippen LogP contribution in [0.25, 0.3) is 0 Å². The highest BCUT2D eigenvalue weighted by Crippen LogP contribution is 2.24. The van der Waals surface area contributed by atoms with Gasteiger partial charge in [-0.25, -0.2) is 0 Å². The molecule has 18 heavy (non-hydrogen) atoms. The van der Waals surface area contributed by atoms with E-state index in [1.54, 1.807) is 0 Å². The lowest BCUT2D eigenvalue weighted by Gasteiger charge is -2.15. The molecule has 0 amide bonds. The summed E-state index contributed by atoms with van der Waals surface area (Å²) in [4.78, 5) is 0. The molecule has 2 aromatic carbocycles. The molecule has 0 fully saturated rings. The SMILES string of the molecule is Cc1ccc(NCC(C)c2ccccc2)c(Br)c1. The van der Waals surface area contributed by atoms with E-state index in [1.807, 2.05) is 0 Å². The average Bonchev–Trinajstić information content (AvgIpc) is 2.38. The molecule has 0 heterocycles. The van der Waals surface area contributed by atoms with Crippen LogP contribution in [0.15, 0.2) is 53.0 Å². The Hall–Kier alpha value is -1.28. The summed E-state index contributed by atoms with van der Waals surface area (Å²) in [5.74, 6) is 0.499. The Kier molecular flexibility index (Phi) is 4.43. The van der Waals surface area contributed by atoms with Crippen molar-refractivity contribution in [3.8, 4) is 0 Å². The first-order chi connectivity index (χ1) is 8.66. The third-order valence-electron chi connectivity index (χ3n) is 3.09. The first-order valence-electron chi connectivity index (χ1n) is 6.22. The van der Waals surface area contributed by atoms with E-state index in [-0.39, 0.29) is 0 Å². The van der Waals surface area contributed by atoms with Crippen LogP contribution in [-0.2, 0) is 0 Å². The van der Waals surface area contributed by atoms with Gasteiger partial charge in [-0.05, 0) is 52.0 Å². The molecule has 0 saturated heterocycles. The van der Waals surface area contributed by atoms with Crippen molar-refractivity contribution in [1.29, 1.82) is 0 Å². The van der Waals surface area contributed by atoms with E-state index in [9.17, 15) is 0 Å². The van der Waals surface area contributed by atoms with E-state index in [2.05, 4.69) is 83.6 Å². The first kappa shape index (κ1) is 13.2. The van der Waals surface area contributed by atoms with Crippen molar-refractivity contribution in [3.05, 3.63) is 64.1 Å². The van der Waals surface area contributed by atoms with Crippen molar-refractivity contribution < 1.29 is 0 Å². The summed E-state index contributed by atoms with van der Waals surface area (Å²) < 4.78 is 1.13. The van der Waals surface area contributed by atoms with Crippen LogP contribution < -0.4 is 5.32 Å². The van der Waals surface area contributed by atoms with Gasteiger partial charge in [0.25, 0.3) is 0 Å². The number of nitrogens with one attached hydrogen (secondary N) is 1. The number of anilines is 1. The second-order valence-corrected chi connectivity index (χ2v) is 5.53. The fourth-order valence-electron chi connectivity index (χ4n) is 1.93. The number of hydrogen-bond acceptors (Lipinski definition) is 1. The number of halogens is 1. The molecule has 0 spiro atoms. The summed E-state index contributed by atoms with van der Waals surface area (Å²) in [5, 5.41) is 3.49. The summed E-state index contributed by atoms with van der Waals surface area (Å²) in [6.07, 6.45) is 0. The first-order valence-corrected chi connectivity index (χ1v) is 7.01. The monoisotopic (exact) mass is 303 g/mol. The third-order valence-corrected chi connectivity index (χ3v) is 3.75. The molecule has 1 unspecified atom stereocenters. The Morgan fingerprint density at radius 1 is 1.11 bits per heavy atom. The maximum Gasteiger partial charge on any atom is 0.0485 e.